The third kappa shape index (κ3) is 5.83. The number of carbonyl (C=O) groups is 1. The molecule has 1 rings (SSSR count). The topological polar surface area (TPSA) is 44.4 Å². The highest BCUT2D eigenvalue weighted by molar-refractivity contribution is 5.81. The molecule has 1 amide bonds. The van der Waals surface area contributed by atoms with Crippen molar-refractivity contribution in [2.45, 2.75) is 64.1 Å². The summed E-state index contributed by atoms with van der Waals surface area (Å²) in [6.45, 7) is 5.14. The lowest BCUT2D eigenvalue weighted by molar-refractivity contribution is -0.123. The summed E-state index contributed by atoms with van der Waals surface area (Å²) < 4.78 is 0. The molecule has 2 N–H and O–H groups in total. The molecule has 2 atom stereocenters. The molecule has 0 aromatic rings. The second kappa shape index (κ2) is 7.74. The maximum atomic E-state index is 12.0. The fourth-order valence-electron chi connectivity index (χ4n) is 2.43. The lowest BCUT2D eigenvalue weighted by Gasteiger charge is -2.22. The van der Waals surface area contributed by atoms with Crippen LogP contribution >= 0.6 is 0 Å². The first-order valence-electron chi connectivity index (χ1n) is 7.20. The van der Waals surface area contributed by atoms with Crippen LogP contribution in [0.25, 0.3) is 0 Å². The minimum atomic E-state index is -0.0947. The van der Waals surface area contributed by atoms with Gasteiger partial charge >= 0.3 is 0 Å². The van der Waals surface area contributed by atoms with Crippen LogP contribution < -0.4 is 10.6 Å². The number of hydrogen-bond donors (Lipinski definition) is 2. The van der Waals surface area contributed by atoms with E-state index in [1.165, 1.54) is 12.8 Å². The molecule has 1 fully saturated rings. The molecule has 106 valence electrons. The Bertz CT molecular complexity index is 249. The van der Waals surface area contributed by atoms with Crippen LogP contribution in [0.4, 0.5) is 0 Å². The van der Waals surface area contributed by atoms with E-state index in [-0.39, 0.29) is 11.9 Å². The number of amides is 1. The Hall–Kier alpha value is -0.610. The highest BCUT2D eigenvalue weighted by Crippen LogP contribution is 2.17. The molecule has 18 heavy (non-hydrogen) atoms. The number of nitrogens with one attached hydrogen (secondary N) is 2. The van der Waals surface area contributed by atoms with E-state index in [2.05, 4.69) is 36.6 Å². The van der Waals surface area contributed by atoms with Gasteiger partial charge in [0, 0.05) is 12.1 Å². The maximum Gasteiger partial charge on any atom is 0.237 e. The van der Waals surface area contributed by atoms with E-state index < -0.39 is 0 Å². The Morgan fingerprint density at radius 3 is 2.44 bits per heavy atom. The lowest BCUT2D eigenvalue weighted by atomic mass is 10.1. The molecule has 0 bridgehead atoms. The van der Waals surface area contributed by atoms with Crippen molar-refractivity contribution in [3.05, 3.63) is 0 Å². The van der Waals surface area contributed by atoms with Gasteiger partial charge in [0.1, 0.15) is 0 Å². The SMILES string of the molecule is CC(CCN(C)C)NC(C)C(=O)NC1CCCC1. The zero-order chi connectivity index (χ0) is 13.5. The zero-order valence-corrected chi connectivity index (χ0v) is 12.3. The molecular weight excluding hydrogens is 226 g/mol. The third-order valence-corrected chi connectivity index (χ3v) is 3.64. The first-order valence-corrected chi connectivity index (χ1v) is 7.20. The molecule has 1 aliphatic carbocycles. The summed E-state index contributed by atoms with van der Waals surface area (Å²) in [5, 5.41) is 6.51. The van der Waals surface area contributed by atoms with E-state index in [0.717, 1.165) is 25.8 Å². The number of rotatable bonds is 7. The molecule has 2 unspecified atom stereocenters. The van der Waals surface area contributed by atoms with E-state index >= 15 is 0 Å². The summed E-state index contributed by atoms with van der Waals surface area (Å²) in [7, 11) is 4.14. The van der Waals surface area contributed by atoms with Crippen LogP contribution in [0, 0.1) is 0 Å². The second-order valence-corrected chi connectivity index (χ2v) is 5.87. The van der Waals surface area contributed by atoms with Gasteiger partial charge in [-0.1, -0.05) is 12.8 Å². The molecule has 0 aromatic heterocycles. The minimum absolute atomic E-state index is 0.0947. The van der Waals surface area contributed by atoms with E-state index in [4.69, 9.17) is 0 Å². The van der Waals surface area contributed by atoms with Crippen molar-refractivity contribution in [2.24, 2.45) is 0 Å². The second-order valence-electron chi connectivity index (χ2n) is 5.87. The molecule has 0 radical (unpaired) electrons. The Balaban J connectivity index is 2.21. The Morgan fingerprint density at radius 2 is 1.89 bits per heavy atom. The molecule has 4 heteroatoms. The highest BCUT2D eigenvalue weighted by atomic mass is 16.2. The molecule has 0 heterocycles. The Labute approximate surface area is 111 Å². The normalized spacial score (nSPS) is 20.1. The van der Waals surface area contributed by atoms with Gasteiger partial charge in [0.05, 0.1) is 6.04 Å². The minimum Gasteiger partial charge on any atom is -0.352 e. The first-order chi connectivity index (χ1) is 8.49. The van der Waals surface area contributed by atoms with Crippen LogP contribution in [-0.2, 0) is 4.79 Å². The molecule has 0 aromatic carbocycles. The quantitative estimate of drug-likeness (QED) is 0.722. The molecule has 0 saturated heterocycles. The van der Waals surface area contributed by atoms with Gasteiger partial charge in [-0.05, 0) is 53.8 Å². The van der Waals surface area contributed by atoms with E-state index in [1.54, 1.807) is 0 Å². The van der Waals surface area contributed by atoms with Crippen LogP contribution in [0.15, 0.2) is 0 Å². The van der Waals surface area contributed by atoms with Gasteiger partial charge in [0.25, 0.3) is 0 Å². The average Bonchev–Trinajstić information content (AvgIpc) is 2.79. The maximum absolute atomic E-state index is 12.0. The summed E-state index contributed by atoms with van der Waals surface area (Å²) in [6, 6.07) is 0.693. The van der Waals surface area contributed by atoms with Crippen LogP contribution in [-0.4, -0.2) is 49.6 Å². The van der Waals surface area contributed by atoms with Crippen LogP contribution in [0.1, 0.15) is 46.0 Å². The summed E-state index contributed by atoms with van der Waals surface area (Å²) >= 11 is 0. The molecule has 4 nitrogen and oxygen atoms in total. The third-order valence-electron chi connectivity index (χ3n) is 3.64. The standard InChI is InChI=1S/C14H29N3O/c1-11(9-10-17(3)4)15-12(2)14(18)16-13-7-5-6-8-13/h11-13,15H,5-10H2,1-4H3,(H,16,18). The largest absolute Gasteiger partial charge is 0.352 e. The monoisotopic (exact) mass is 255 g/mol. The van der Waals surface area contributed by atoms with E-state index in [0.29, 0.717) is 12.1 Å². The number of nitrogens with zero attached hydrogens (tertiary/aromatic N) is 1. The van der Waals surface area contributed by atoms with Crippen LogP contribution in [0.5, 0.6) is 0 Å². The molecule has 0 spiro atoms. The van der Waals surface area contributed by atoms with Crippen molar-refractivity contribution in [3.8, 4) is 0 Å². The van der Waals surface area contributed by atoms with Gasteiger partial charge in [-0.3, -0.25) is 4.79 Å². The van der Waals surface area contributed by atoms with Crippen LogP contribution in [0.2, 0.25) is 0 Å². The predicted octanol–water partition coefficient (Wildman–Crippen LogP) is 1.36. The van der Waals surface area contributed by atoms with Gasteiger partial charge in [0.15, 0.2) is 0 Å². The number of hydrogen-bond acceptors (Lipinski definition) is 3. The van der Waals surface area contributed by atoms with E-state index in [9.17, 15) is 4.79 Å². The molecule has 1 saturated carbocycles. The van der Waals surface area contributed by atoms with Crippen molar-refractivity contribution in [1.29, 1.82) is 0 Å². The van der Waals surface area contributed by atoms with Gasteiger partial charge in [-0.15, -0.1) is 0 Å². The van der Waals surface area contributed by atoms with Gasteiger partial charge in [-0.25, -0.2) is 0 Å². The van der Waals surface area contributed by atoms with Gasteiger partial charge < -0.3 is 15.5 Å². The molecule has 1 aliphatic rings. The van der Waals surface area contributed by atoms with Crippen LogP contribution in [0.3, 0.4) is 0 Å². The van der Waals surface area contributed by atoms with Gasteiger partial charge in [0.2, 0.25) is 5.91 Å². The average molecular weight is 255 g/mol. The smallest absolute Gasteiger partial charge is 0.237 e. The van der Waals surface area contributed by atoms with Crippen molar-refractivity contribution in [2.75, 3.05) is 20.6 Å². The number of carbonyl (C=O) groups excluding carboxylic acids is 1. The summed E-state index contributed by atoms with van der Waals surface area (Å²) in [5.41, 5.74) is 0. The predicted molar refractivity (Wildman–Crippen MR) is 75.6 cm³/mol. The first kappa shape index (κ1) is 15.4. The highest BCUT2D eigenvalue weighted by Gasteiger charge is 2.21. The van der Waals surface area contributed by atoms with Crippen molar-refractivity contribution in [3.63, 3.8) is 0 Å². The van der Waals surface area contributed by atoms with Crippen molar-refractivity contribution >= 4 is 5.91 Å². The Morgan fingerprint density at radius 1 is 1.28 bits per heavy atom. The van der Waals surface area contributed by atoms with Crippen molar-refractivity contribution in [1.82, 2.24) is 15.5 Å². The molecular formula is C14H29N3O. The summed E-state index contributed by atoms with van der Waals surface area (Å²) in [6.07, 6.45) is 5.87. The lowest BCUT2D eigenvalue weighted by Crippen LogP contribution is -2.48. The summed E-state index contributed by atoms with van der Waals surface area (Å²) in [5.74, 6) is 0.151. The fourth-order valence-corrected chi connectivity index (χ4v) is 2.43. The van der Waals surface area contributed by atoms with Gasteiger partial charge in [-0.2, -0.15) is 0 Å². The zero-order valence-electron chi connectivity index (χ0n) is 12.3. The Kier molecular flexibility index (Phi) is 6.65. The van der Waals surface area contributed by atoms with Crippen molar-refractivity contribution < 1.29 is 4.79 Å². The molecule has 0 aliphatic heterocycles. The summed E-state index contributed by atoms with van der Waals surface area (Å²) in [4.78, 5) is 14.2. The fraction of sp³-hybridized carbons (Fsp3) is 0.929. The van der Waals surface area contributed by atoms with E-state index in [1.807, 2.05) is 6.92 Å².